The zero-order valence-corrected chi connectivity index (χ0v) is 14.7. The minimum atomic E-state index is -0.466. The first-order valence-corrected chi connectivity index (χ1v) is 8.24. The number of carbonyl (C=O) groups excluding carboxylic acids is 1. The summed E-state index contributed by atoms with van der Waals surface area (Å²) in [5.41, 5.74) is 0.449. The standard InChI is InChI=1S/C16H14Cl2FN5O/c1-2-23-9-12(18)15(22-23)16(25)20-14-6-7-24(21-14)8-10-11(17)4-3-5-13(10)19/h3-7,9H,2,8H2,1H3,(H,20,21,25). The summed E-state index contributed by atoms with van der Waals surface area (Å²) in [7, 11) is 0. The molecule has 0 bridgehead atoms. The van der Waals surface area contributed by atoms with Gasteiger partial charge in [0.05, 0.1) is 11.6 Å². The number of halogens is 3. The third-order valence-corrected chi connectivity index (χ3v) is 4.15. The van der Waals surface area contributed by atoms with Crippen LogP contribution in [0.2, 0.25) is 10.0 Å². The third kappa shape index (κ3) is 3.83. The summed E-state index contributed by atoms with van der Waals surface area (Å²) in [4.78, 5) is 12.2. The Morgan fingerprint density at radius 1 is 1.20 bits per heavy atom. The first-order chi connectivity index (χ1) is 12.0. The fraction of sp³-hybridized carbons (Fsp3) is 0.188. The predicted molar refractivity (Wildman–Crippen MR) is 93.6 cm³/mol. The lowest BCUT2D eigenvalue weighted by Gasteiger charge is -2.06. The van der Waals surface area contributed by atoms with Gasteiger partial charge in [0, 0.05) is 35.6 Å². The Labute approximate surface area is 153 Å². The van der Waals surface area contributed by atoms with Crippen LogP contribution in [-0.2, 0) is 13.1 Å². The summed E-state index contributed by atoms with van der Waals surface area (Å²) in [6.07, 6.45) is 3.19. The molecule has 0 spiro atoms. The Bertz CT molecular complexity index is 901. The number of benzene rings is 1. The van der Waals surface area contributed by atoms with Crippen LogP contribution < -0.4 is 5.32 Å². The molecule has 2 aromatic heterocycles. The number of aromatic nitrogens is 4. The van der Waals surface area contributed by atoms with Crippen molar-refractivity contribution in [3.63, 3.8) is 0 Å². The summed E-state index contributed by atoms with van der Waals surface area (Å²) in [6, 6.07) is 6.07. The number of rotatable bonds is 5. The molecule has 9 heteroatoms. The molecule has 0 saturated heterocycles. The molecule has 1 amide bonds. The average molecular weight is 382 g/mol. The number of nitrogens with zero attached hydrogens (tertiary/aromatic N) is 4. The van der Waals surface area contributed by atoms with Crippen molar-refractivity contribution in [2.24, 2.45) is 0 Å². The molecule has 0 fully saturated rings. The molecule has 0 saturated carbocycles. The highest BCUT2D eigenvalue weighted by Crippen LogP contribution is 2.20. The molecule has 0 atom stereocenters. The number of hydrogen-bond acceptors (Lipinski definition) is 3. The van der Waals surface area contributed by atoms with Gasteiger partial charge >= 0.3 is 0 Å². The summed E-state index contributed by atoms with van der Waals surface area (Å²) in [5, 5.41) is 11.5. The van der Waals surface area contributed by atoms with E-state index in [9.17, 15) is 9.18 Å². The van der Waals surface area contributed by atoms with Crippen LogP contribution in [0.1, 0.15) is 23.0 Å². The maximum atomic E-state index is 13.8. The smallest absolute Gasteiger partial charge is 0.278 e. The number of carbonyl (C=O) groups is 1. The molecule has 1 N–H and O–H groups in total. The molecule has 6 nitrogen and oxygen atoms in total. The van der Waals surface area contributed by atoms with Crippen LogP contribution in [0.3, 0.4) is 0 Å². The highest BCUT2D eigenvalue weighted by atomic mass is 35.5. The van der Waals surface area contributed by atoms with Crippen LogP contribution in [-0.4, -0.2) is 25.5 Å². The summed E-state index contributed by atoms with van der Waals surface area (Å²) < 4.78 is 16.9. The fourth-order valence-corrected chi connectivity index (χ4v) is 2.71. The lowest BCUT2D eigenvalue weighted by Crippen LogP contribution is -2.14. The number of anilines is 1. The first-order valence-electron chi connectivity index (χ1n) is 7.48. The number of amides is 1. The zero-order valence-electron chi connectivity index (χ0n) is 13.2. The van der Waals surface area contributed by atoms with Crippen molar-refractivity contribution in [1.29, 1.82) is 0 Å². The van der Waals surface area contributed by atoms with Gasteiger partial charge in [-0.15, -0.1) is 0 Å². The Balaban J connectivity index is 1.73. The van der Waals surface area contributed by atoms with Crippen LogP contribution >= 0.6 is 23.2 Å². The molecule has 3 aromatic rings. The minimum absolute atomic E-state index is 0.121. The molecule has 0 aliphatic rings. The largest absolute Gasteiger partial charge is 0.304 e. The van der Waals surface area contributed by atoms with Crippen molar-refractivity contribution in [3.8, 4) is 0 Å². The van der Waals surface area contributed by atoms with Gasteiger partial charge in [-0.2, -0.15) is 10.2 Å². The van der Waals surface area contributed by atoms with E-state index in [1.807, 2.05) is 6.92 Å². The zero-order chi connectivity index (χ0) is 18.0. The van der Waals surface area contributed by atoms with Crippen LogP contribution in [0.4, 0.5) is 10.2 Å². The van der Waals surface area contributed by atoms with E-state index in [4.69, 9.17) is 23.2 Å². The fourth-order valence-electron chi connectivity index (χ4n) is 2.25. The average Bonchev–Trinajstić information content (AvgIpc) is 3.17. The molecule has 0 aliphatic carbocycles. The Morgan fingerprint density at radius 3 is 2.68 bits per heavy atom. The normalized spacial score (nSPS) is 10.9. The van der Waals surface area contributed by atoms with Gasteiger partial charge in [-0.1, -0.05) is 29.3 Å². The molecule has 25 heavy (non-hydrogen) atoms. The summed E-state index contributed by atoms with van der Waals surface area (Å²) in [5.74, 6) is -0.573. The number of aryl methyl sites for hydroxylation is 1. The van der Waals surface area contributed by atoms with Crippen molar-refractivity contribution in [1.82, 2.24) is 19.6 Å². The Morgan fingerprint density at radius 2 is 2.00 bits per heavy atom. The van der Waals surface area contributed by atoms with Gasteiger partial charge in [-0.25, -0.2) is 4.39 Å². The van der Waals surface area contributed by atoms with E-state index in [-0.39, 0.29) is 17.3 Å². The molecule has 0 unspecified atom stereocenters. The Hall–Kier alpha value is -2.38. The van der Waals surface area contributed by atoms with E-state index in [1.54, 1.807) is 29.2 Å². The predicted octanol–water partition coefficient (Wildman–Crippen LogP) is 3.85. The highest BCUT2D eigenvalue weighted by Gasteiger charge is 2.16. The lowest BCUT2D eigenvalue weighted by atomic mass is 10.2. The van der Waals surface area contributed by atoms with E-state index in [0.717, 1.165) is 0 Å². The van der Waals surface area contributed by atoms with Gasteiger partial charge < -0.3 is 5.32 Å². The molecule has 3 rings (SSSR count). The summed E-state index contributed by atoms with van der Waals surface area (Å²) in [6.45, 7) is 2.64. The van der Waals surface area contributed by atoms with E-state index in [2.05, 4.69) is 15.5 Å². The van der Waals surface area contributed by atoms with E-state index in [0.29, 0.717) is 22.9 Å². The first kappa shape index (κ1) is 17.4. The Kier molecular flexibility index (Phi) is 5.06. The van der Waals surface area contributed by atoms with Crippen molar-refractivity contribution in [2.75, 3.05) is 5.32 Å². The molecule has 0 aliphatic heterocycles. The van der Waals surface area contributed by atoms with Gasteiger partial charge in [0.2, 0.25) is 0 Å². The van der Waals surface area contributed by atoms with Crippen LogP contribution in [0, 0.1) is 5.82 Å². The van der Waals surface area contributed by atoms with Crippen molar-refractivity contribution >= 4 is 34.9 Å². The SMILES string of the molecule is CCn1cc(Cl)c(C(=O)Nc2ccn(Cc3c(F)cccc3Cl)n2)n1. The van der Waals surface area contributed by atoms with E-state index in [1.165, 1.54) is 16.8 Å². The quantitative estimate of drug-likeness (QED) is 0.729. The van der Waals surface area contributed by atoms with Crippen LogP contribution in [0.25, 0.3) is 0 Å². The third-order valence-electron chi connectivity index (χ3n) is 3.52. The van der Waals surface area contributed by atoms with E-state index < -0.39 is 11.7 Å². The molecule has 1 aromatic carbocycles. The monoisotopic (exact) mass is 381 g/mol. The van der Waals surface area contributed by atoms with Crippen LogP contribution in [0.15, 0.2) is 36.7 Å². The number of hydrogen-bond donors (Lipinski definition) is 1. The van der Waals surface area contributed by atoms with Crippen LogP contribution in [0.5, 0.6) is 0 Å². The van der Waals surface area contributed by atoms with E-state index >= 15 is 0 Å². The van der Waals surface area contributed by atoms with Crippen molar-refractivity contribution in [3.05, 3.63) is 63.8 Å². The van der Waals surface area contributed by atoms with Gasteiger partial charge in [-0.05, 0) is 19.1 Å². The second kappa shape index (κ2) is 7.25. The molecule has 2 heterocycles. The number of nitrogens with one attached hydrogen (secondary N) is 1. The van der Waals surface area contributed by atoms with Gasteiger partial charge in [-0.3, -0.25) is 14.2 Å². The molecule has 0 radical (unpaired) electrons. The second-order valence-electron chi connectivity index (χ2n) is 5.23. The molecular weight excluding hydrogens is 368 g/mol. The van der Waals surface area contributed by atoms with Gasteiger partial charge in [0.25, 0.3) is 5.91 Å². The minimum Gasteiger partial charge on any atom is -0.304 e. The maximum absolute atomic E-state index is 13.8. The lowest BCUT2D eigenvalue weighted by molar-refractivity contribution is 0.102. The second-order valence-corrected chi connectivity index (χ2v) is 6.05. The highest BCUT2D eigenvalue weighted by molar-refractivity contribution is 6.34. The van der Waals surface area contributed by atoms with Gasteiger partial charge in [0.15, 0.2) is 11.5 Å². The topological polar surface area (TPSA) is 64.7 Å². The molecule has 130 valence electrons. The summed E-state index contributed by atoms with van der Waals surface area (Å²) >= 11 is 12.0. The van der Waals surface area contributed by atoms with Gasteiger partial charge in [0.1, 0.15) is 5.82 Å². The van der Waals surface area contributed by atoms with Crippen molar-refractivity contribution < 1.29 is 9.18 Å². The van der Waals surface area contributed by atoms with Crippen molar-refractivity contribution in [2.45, 2.75) is 20.0 Å². The maximum Gasteiger partial charge on any atom is 0.278 e. The molecular formula is C16H14Cl2FN5O.